The van der Waals surface area contributed by atoms with E-state index in [9.17, 15) is 0 Å². The maximum atomic E-state index is 5.69. The van der Waals surface area contributed by atoms with Gasteiger partial charge in [0.05, 0.1) is 11.4 Å². The molecule has 0 spiro atoms. The van der Waals surface area contributed by atoms with Crippen molar-refractivity contribution in [2.24, 2.45) is 5.10 Å². The number of aryl methyl sites for hydroxylation is 1. The molecule has 1 aliphatic heterocycles. The Labute approximate surface area is 158 Å². The lowest BCUT2D eigenvalue weighted by molar-refractivity contribution is 0.876. The Kier molecular flexibility index (Phi) is 4.37. The zero-order valence-corrected chi connectivity index (χ0v) is 15.1. The molecule has 1 radical (unpaired) electrons. The summed E-state index contributed by atoms with van der Waals surface area (Å²) in [4.78, 5) is 0. The minimum atomic E-state index is 0.512. The van der Waals surface area contributed by atoms with Crippen molar-refractivity contribution in [1.82, 2.24) is 5.43 Å². The molecule has 26 heavy (non-hydrogen) atoms. The molecule has 0 amide bonds. The molecule has 0 unspecified atom stereocenters. The van der Waals surface area contributed by atoms with Gasteiger partial charge in [0.2, 0.25) is 5.11 Å². The van der Waals surface area contributed by atoms with Crippen LogP contribution in [0.15, 0.2) is 90.0 Å². The molecule has 0 N–H and O–H groups in total. The molecule has 0 atom stereocenters. The maximum absolute atomic E-state index is 5.69. The first-order chi connectivity index (χ1) is 12.7. The van der Waals surface area contributed by atoms with Crippen molar-refractivity contribution in [3.63, 3.8) is 0 Å². The maximum Gasteiger partial charge on any atom is 0.222 e. The van der Waals surface area contributed by atoms with Gasteiger partial charge in [0.15, 0.2) is 5.84 Å². The number of para-hydroxylation sites is 2. The van der Waals surface area contributed by atoms with Crippen molar-refractivity contribution in [3.05, 3.63) is 96.1 Å². The van der Waals surface area contributed by atoms with E-state index in [1.807, 2.05) is 72.8 Å². The molecule has 0 aromatic heterocycles. The minimum absolute atomic E-state index is 0.512. The molecule has 0 saturated carbocycles. The average Bonchev–Trinajstić information content (AvgIpc) is 2.70. The Morgan fingerprint density at radius 2 is 1.23 bits per heavy atom. The van der Waals surface area contributed by atoms with Gasteiger partial charge in [-0.15, -0.1) is 10.5 Å². The summed E-state index contributed by atoms with van der Waals surface area (Å²) >= 11 is 5.69. The molecule has 1 heterocycles. The van der Waals surface area contributed by atoms with Crippen molar-refractivity contribution in [2.45, 2.75) is 6.92 Å². The Morgan fingerprint density at radius 1 is 0.692 bits per heavy atom. The third-order valence-electron chi connectivity index (χ3n) is 4.06. The van der Waals surface area contributed by atoms with E-state index in [2.05, 4.69) is 19.1 Å². The predicted octanol–water partition coefficient (Wildman–Crippen LogP) is 4.49. The molecule has 1 aliphatic rings. The molecule has 4 rings (SSSR count). The predicted molar refractivity (Wildman–Crippen MR) is 110 cm³/mol. The van der Waals surface area contributed by atoms with Crippen LogP contribution in [0.1, 0.15) is 11.1 Å². The highest BCUT2D eigenvalue weighted by Gasteiger charge is 2.28. The van der Waals surface area contributed by atoms with E-state index >= 15 is 0 Å². The molecule has 3 aromatic rings. The number of thiocarbonyl (C=S) groups is 1. The number of hydrazone groups is 1. The van der Waals surface area contributed by atoms with Gasteiger partial charge in [-0.2, -0.15) is 0 Å². The Balaban J connectivity index is 1.79. The second kappa shape index (κ2) is 6.98. The van der Waals surface area contributed by atoms with Crippen molar-refractivity contribution < 1.29 is 0 Å². The fourth-order valence-electron chi connectivity index (χ4n) is 2.68. The summed E-state index contributed by atoms with van der Waals surface area (Å²) in [5, 5.41) is 8.73. The molecule has 4 nitrogen and oxygen atoms in total. The van der Waals surface area contributed by atoms with Gasteiger partial charge < -0.3 is 0 Å². The number of hydrogen-bond donors (Lipinski definition) is 0. The van der Waals surface area contributed by atoms with Gasteiger partial charge in [0.25, 0.3) is 0 Å². The van der Waals surface area contributed by atoms with E-state index in [1.165, 1.54) is 5.56 Å². The van der Waals surface area contributed by atoms with E-state index in [0.717, 1.165) is 16.9 Å². The Hall–Kier alpha value is -3.18. The monoisotopic (exact) mass is 357 g/mol. The van der Waals surface area contributed by atoms with Crippen molar-refractivity contribution in [1.29, 1.82) is 0 Å². The molecule has 5 heteroatoms. The van der Waals surface area contributed by atoms with Gasteiger partial charge in [0, 0.05) is 5.56 Å². The summed E-state index contributed by atoms with van der Waals surface area (Å²) in [6.45, 7) is 2.06. The Morgan fingerprint density at radius 3 is 1.81 bits per heavy atom. The zero-order chi connectivity index (χ0) is 17.9. The summed E-state index contributed by atoms with van der Waals surface area (Å²) in [6, 6.07) is 27.9. The first kappa shape index (κ1) is 16.3. The molecule has 127 valence electrons. The smallest absolute Gasteiger partial charge is 0.203 e. The minimum Gasteiger partial charge on any atom is -0.203 e. The summed E-state index contributed by atoms with van der Waals surface area (Å²) in [6.07, 6.45) is 0. The van der Waals surface area contributed by atoms with Crippen molar-refractivity contribution in [3.8, 4) is 0 Å². The first-order valence-corrected chi connectivity index (χ1v) is 8.75. The molecule has 0 bridgehead atoms. The third kappa shape index (κ3) is 3.17. The lowest BCUT2D eigenvalue weighted by Gasteiger charge is -2.34. The average molecular weight is 357 g/mol. The van der Waals surface area contributed by atoms with Crippen LogP contribution >= 0.6 is 12.2 Å². The number of nitrogens with zero attached hydrogens (tertiary/aromatic N) is 4. The normalized spacial score (nSPS) is 14.0. The van der Waals surface area contributed by atoms with Gasteiger partial charge >= 0.3 is 0 Å². The van der Waals surface area contributed by atoms with Crippen molar-refractivity contribution in [2.75, 3.05) is 10.0 Å². The summed E-state index contributed by atoms with van der Waals surface area (Å²) < 4.78 is 0. The van der Waals surface area contributed by atoms with Crippen molar-refractivity contribution >= 4 is 34.5 Å². The SMILES string of the molecule is Cc1ccc(C2=NN(c3ccccc3)C(=S)N(c3ccccc3)[N]2)cc1. The molecule has 0 fully saturated rings. The lowest BCUT2D eigenvalue weighted by Crippen LogP contribution is -2.52. The van der Waals surface area contributed by atoms with Gasteiger partial charge in [-0.1, -0.05) is 66.2 Å². The summed E-state index contributed by atoms with van der Waals surface area (Å²) in [5.74, 6) is 0.617. The van der Waals surface area contributed by atoms with Crippen LogP contribution in [-0.4, -0.2) is 10.9 Å². The Bertz CT molecular complexity index is 937. The van der Waals surface area contributed by atoms with Gasteiger partial charge in [-0.3, -0.25) is 0 Å². The topological polar surface area (TPSA) is 32.9 Å². The van der Waals surface area contributed by atoms with Crippen LogP contribution in [-0.2, 0) is 0 Å². The quantitative estimate of drug-likeness (QED) is 0.648. The molecular weight excluding hydrogens is 340 g/mol. The van der Waals surface area contributed by atoms with E-state index in [0.29, 0.717) is 10.9 Å². The third-order valence-corrected chi connectivity index (χ3v) is 4.41. The second-order valence-corrected chi connectivity index (χ2v) is 6.33. The molecule has 0 saturated heterocycles. The van der Waals surface area contributed by atoms with Crippen LogP contribution in [0, 0.1) is 6.92 Å². The van der Waals surface area contributed by atoms with Crippen LogP contribution < -0.4 is 15.4 Å². The summed E-state index contributed by atoms with van der Waals surface area (Å²) in [5.41, 5.74) is 8.65. The molecule has 3 aromatic carbocycles. The van der Waals surface area contributed by atoms with Gasteiger partial charge in [-0.25, -0.2) is 10.0 Å². The van der Waals surface area contributed by atoms with Crippen LogP contribution in [0.2, 0.25) is 0 Å². The molecule has 0 aliphatic carbocycles. The fourth-order valence-corrected chi connectivity index (χ4v) is 2.97. The molecular formula is C21H17N4S. The number of benzene rings is 3. The first-order valence-electron chi connectivity index (χ1n) is 8.34. The number of anilines is 2. The zero-order valence-electron chi connectivity index (χ0n) is 14.3. The summed E-state index contributed by atoms with van der Waals surface area (Å²) in [7, 11) is 0. The highest BCUT2D eigenvalue weighted by atomic mass is 32.1. The van der Waals surface area contributed by atoms with Gasteiger partial charge in [-0.05, 0) is 43.4 Å². The second-order valence-electron chi connectivity index (χ2n) is 5.97. The number of rotatable bonds is 3. The highest BCUT2D eigenvalue weighted by molar-refractivity contribution is 7.80. The fraction of sp³-hybridized carbons (Fsp3) is 0.0476. The van der Waals surface area contributed by atoms with E-state index in [-0.39, 0.29) is 0 Å². The van der Waals surface area contributed by atoms with Crippen LogP contribution in [0.5, 0.6) is 0 Å². The van der Waals surface area contributed by atoms with Crippen LogP contribution in [0.3, 0.4) is 0 Å². The largest absolute Gasteiger partial charge is 0.222 e. The number of amidine groups is 1. The van der Waals surface area contributed by atoms with E-state index in [4.69, 9.17) is 22.7 Å². The van der Waals surface area contributed by atoms with Crippen LogP contribution in [0.25, 0.3) is 0 Å². The van der Waals surface area contributed by atoms with E-state index in [1.54, 1.807) is 10.0 Å². The lowest BCUT2D eigenvalue weighted by atomic mass is 10.1. The highest BCUT2D eigenvalue weighted by Crippen LogP contribution is 2.24. The van der Waals surface area contributed by atoms with Gasteiger partial charge in [0.1, 0.15) is 0 Å². The standard InChI is InChI=1S/C21H17N4S/c1-16-12-14-17(15-13-16)20-22-24(18-8-4-2-5-9-18)21(26)25(23-20)19-10-6-3-7-11-19/h2-15H,1H3. The number of hydrogen-bond acceptors (Lipinski definition) is 2. The van der Waals surface area contributed by atoms with E-state index < -0.39 is 0 Å². The van der Waals surface area contributed by atoms with Crippen LogP contribution in [0.4, 0.5) is 11.4 Å².